The van der Waals surface area contributed by atoms with Crippen molar-refractivity contribution >= 4 is 37.2 Å². The van der Waals surface area contributed by atoms with E-state index in [4.69, 9.17) is 23.0 Å². The number of hydrogen-bond donors (Lipinski definition) is 3. The summed E-state index contributed by atoms with van der Waals surface area (Å²) in [6, 6.07) is 35.3. The fourth-order valence-electron chi connectivity index (χ4n) is 7.05. The monoisotopic (exact) mass is 894 g/mol. The summed E-state index contributed by atoms with van der Waals surface area (Å²) < 4.78 is 38.8. The minimum absolute atomic E-state index is 0.0231. The topological polar surface area (TPSA) is 175 Å². The van der Waals surface area contributed by atoms with Gasteiger partial charge in [0.2, 0.25) is 12.3 Å². The van der Waals surface area contributed by atoms with Gasteiger partial charge in [-0.05, 0) is 80.6 Å². The van der Waals surface area contributed by atoms with E-state index in [0.717, 1.165) is 34.6 Å². The van der Waals surface area contributed by atoms with Gasteiger partial charge in [0, 0.05) is 5.56 Å². The molecule has 0 bridgehead atoms. The van der Waals surface area contributed by atoms with Crippen molar-refractivity contribution in [3.8, 4) is 17.1 Å². The second-order valence-corrected chi connectivity index (χ2v) is 17.6. The highest BCUT2D eigenvalue weighted by molar-refractivity contribution is 7.62. The molecular formula is C49H59N4O10P. The molecule has 5 rings (SSSR count). The SMILES string of the molecule is CCCCC[C@@H](C(=O)NCNC(=O)c1ccc(-c2cc(OCC)cc(P(=O)(OCc3ccccc3)OCc3ccccc3)c2)o1)[C@@H](CC)N(C=O)OC(=O)NC(C)(C)c1ccccc1. The second kappa shape index (κ2) is 24.0. The molecule has 0 spiro atoms. The first kappa shape index (κ1) is 48.8. The number of unbranched alkanes of at least 4 members (excludes halogenated alkanes) is 2. The number of carbonyl (C=O) groups excluding carboxylic acids is 4. The maximum atomic E-state index is 14.7. The highest BCUT2D eigenvalue weighted by Gasteiger charge is 2.35. The van der Waals surface area contributed by atoms with Gasteiger partial charge in [-0.2, -0.15) is 5.06 Å². The highest BCUT2D eigenvalue weighted by Crippen LogP contribution is 2.50. The average molecular weight is 895 g/mol. The molecule has 5 aromatic rings. The molecule has 2 atom stereocenters. The molecule has 14 nitrogen and oxygen atoms in total. The molecule has 0 saturated carbocycles. The summed E-state index contributed by atoms with van der Waals surface area (Å²) in [5, 5.41) is 9.36. The van der Waals surface area contributed by atoms with Gasteiger partial charge in [-0.1, -0.05) is 124 Å². The molecule has 15 heteroatoms. The largest absolute Gasteiger partial charge is 0.494 e. The molecule has 340 valence electrons. The van der Waals surface area contributed by atoms with Crippen molar-refractivity contribution in [3.05, 3.63) is 144 Å². The highest BCUT2D eigenvalue weighted by atomic mass is 31.2. The van der Waals surface area contributed by atoms with E-state index in [1.807, 2.05) is 119 Å². The van der Waals surface area contributed by atoms with Gasteiger partial charge in [0.1, 0.15) is 11.5 Å². The predicted octanol–water partition coefficient (Wildman–Crippen LogP) is 9.41. The summed E-state index contributed by atoms with van der Waals surface area (Å²) >= 11 is 0. The Morgan fingerprint density at radius 3 is 2.00 bits per heavy atom. The Morgan fingerprint density at radius 2 is 1.42 bits per heavy atom. The molecule has 4 aromatic carbocycles. The lowest BCUT2D eigenvalue weighted by Crippen LogP contribution is -2.51. The van der Waals surface area contributed by atoms with Crippen LogP contribution in [0, 0.1) is 5.92 Å². The van der Waals surface area contributed by atoms with Crippen LogP contribution in [0.4, 0.5) is 4.79 Å². The van der Waals surface area contributed by atoms with Crippen LogP contribution in [-0.2, 0) is 46.8 Å². The Labute approximate surface area is 375 Å². The van der Waals surface area contributed by atoms with Gasteiger partial charge in [0.15, 0.2) is 5.76 Å². The van der Waals surface area contributed by atoms with E-state index >= 15 is 0 Å². The lowest BCUT2D eigenvalue weighted by atomic mass is 9.90. The van der Waals surface area contributed by atoms with Crippen LogP contribution in [0.5, 0.6) is 5.75 Å². The van der Waals surface area contributed by atoms with Gasteiger partial charge in [-0.3, -0.25) is 18.9 Å². The molecule has 64 heavy (non-hydrogen) atoms. The maximum Gasteiger partial charge on any atom is 0.432 e. The van der Waals surface area contributed by atoms with E-state index in [2.05, 4.69) is 16.0 Å². The van der Waals surface area contributed by atoms with Crippen LogP contribution in [0.1, 0.15) is 94.0 Å². The molecule has 1 heterocycles. The number of carbonyl (C=O) groups is 4. The minimum Gasteiger partial charge on any atom is -0.494 e. The van der Waals surface area contributed by atoms with Gasteiger partial charge in [0.25, 0.3) is 5.91 Å². The van der Waals surface area contributed by atoms with Crippen LogP contribution in [0.2, 0.25) is 0 Å². The zero-order valence-electron chi connectivity index (χ0n) is 37.1. The Kier molecular flexibility index (Phi) is 18.3. The lowest BCUT2D eigenvalue weighted by molar-refractivity contribution is -0.169. The summed E-state index contributed by atoms with van der Waals surface area (Å²) in [6.07, 6.45) is 2.70. The summed E-state index contributed by atoms with van der Waals surface area (Å²) in [4.78, 5) is 58.1. The minimum atomic E-state index is -3.99. The van der Waals surface area contributed by atoms with Crippen molar-refractivity contribution in [2.75, 3.05) is 13.3 Å². The van der Waals surface area contributed by atoms with Crippen molar-refractivity contribution < 1.29 is 46.8 Å². The first-order valence-electron chi connectivity index (χ1n) is 21.6. The smallest absolute Gasteiger partial charge is 0.432 e. The van der Waals surface area contributed by atoms with Crippen molar-refractivity contribution in [1.82, 2.24) is 21.0 Å². The summed E-state index contributed by atoms with van der Waals surface area (Å²) in [7, 11) is -3.99. The first-order valence-corrected chi connectivity index (χ1v) is 23.1. The number of amides is 4. The Hall–Kier alpha value is -6.21. The van der Waals surface area contributed by atoms with Gasteiger partial charge in [0.05, 0.1) is 49.3 Å². The molecule has 0 saturated heterocycles. The number of furan rings is 1. The standard InChI is InChI=1S/C49H59N4O10P/c1-6-9-13-26-42(43(7-2)53(35-54)63-48(57)52-49(4,5)39-24-18-12-19-25-39)46(55)50-34-51-47(56)45-28-27-44(62-45)38-29-40(59-8-3)31-41(30-38)64(58,60-32-36-20-14-10-15-21-36)61-33-37-22-16-11-17-23-37/h10-12,14-25,27-31,35,42-43H,6-9,13,26,32-34H2,1-5H3,(H,50,55)(H,51,56)(H,52,57)/t42-,43-/m1/s1. The maximum absolute atomic E-state index is 14.7. The Balaban J connectivity index is 1.28. The zero-order chi connectivity index (χ0) is 46.0. The van der Waals surface area contributed by atoms with E-state index in [0.29, 0.717) is 43.6 Å². The Morgan fingerprint density at radius 1 is 0.797 bits per heavy atom. The molecule has 0 aliphatic carbocycles. The van der Waals surface area contributed by atoms with Crippen molar-refractivity contribution in [2.24, 2.45) is 5.92 Å². The van der Waals surface area contributed by atoms with E-state index in [1.165, 1.54) is 6.07 Å². The molecule has 1 aromatic heterocycles. The van der Waals surface area contributed by atoms with E-state index < -0.39 is 43.0 Å². The molecule has 3 N–H and O–H groups in total. The van der Waals surface area contributed by atoms with Crippen molar-refractivity contribution in [2.45, 2.75) is 91.5 Å². The van der Waals surface area contributed by atoms with E-state index in [9.17, 15) is 23.7 Å². The summed E-state index contributed by atoms with van der Waals surface area (Å²) in [5.74, 6) is -1.19. The normalized spacial score (nSPS) is 12.4. The fourth-order valence-corrected chi connectivity index (χ4v) is 8.65. The van der Waals surface area contributed by atoms with Crippen molar-refractivity contribution in [3.63, 3.8) is 0 Å². The molecular weight excluding hydrogens is 836 g/mol. The van der Waals surface area contributed by atoms with Crippen LogP contribution >= 0.6 is 7.60 Å². The lowest BCUT2D eigenvalue weighted by Gasteiger charge is -2.33. The van der Waals surface area contributed by atoms with Gasteiger partial charge in [-0.15, -0.1) is 0 Å². The predicted molar refractivity (Wildman–Crippen MR) is 244 cm³/mol. The first-order chi connectivity index (χ1) is 30.9. The average Bonchev–Trinajstić information content (AvgIpc) is 3.81. The van der Waals surface area contributed by atoms with Gasteiger partial charge in [-0.25, -0.2) is 4.79 Å². The van der Waals surface area contributed by atoms with Crippen LogP contribution in [0.15, 0.2) is 126 Å². The number of hydroxylamine groups is 2. The fraction of sp³-hybridized carbons (Fsp3) is 0.347. The number of hydrogen-bond acceptors (Lipinski definition) is 10. The van der Waals surface area contributed by atoms with Crippen LogP contribution in [0.3, 0.4) is 0 Å². The number of nitrogens with one attached hydrogen (secondary N) is 3. The van der Waals surface area contributed by atoms with Crippen LogP contribution < -0.4 is 26.0 Å². The number of nitrogens with zero attached hydrogens (tertiary/aromatic N) is 1. The van der Waals surface area contributed by atoms with Gasteiger partial charge < -0.3 is 39.0 Å². The van der Waals surface area contributed by atoms with Crippen LogP contribution in [0.25, 0.3) is 11.3 Å². The molecule has 0 fully saturated rings. The number of ether oxygens (including phenoxy) is 1. The third-order valence-electron chi connectivity index (χ3n) is 10.5. The molecule has 0 aliphatic rings. The molecule has 0 unspecified atom stereocenters. The van der Waals surface area contributed by atoms with E-state index in [1.54, 1.807) is 31.2 Å². The molecule has 4 amide bonds. The quantitative estimate of drug-likeness (QED) is 0.0168. The van der Waals surface area contributed by atoms with E-state index in [-0.39, 0.29) is 36.7 Å². The Bertz CT molecular complexity index is 2260. The third kappa shape index (κ3) is 13.9. The zero-order valence-corrected chi connectivity index (χ0v) is 38.0. The number of rotatable bonds is 25. The van der Waals surface area contributed by atoms with Gasteiger partial charge >= 0.3 is 13.7 Å². The molecule has 0 aliphatic heterocycles. The second-order valence-electron chi connectivity index (χ2n) is 15.6. The molecule has 0 radical (unpaired) electrons. The summed E-state index contributed by atoms with van der Waals surface area (Å²) in [6.45, 7) is 9.40. The number of benzene rings is 4. The van der Waals surface area contributed by atoms with Crippen LogP contribution in [-0.4, -0.2) is 48.7 Å². The van der Waals surface area contributed by atoms with Crippen molar-refractivity contribution in [1.29, 1.82) is 0 Å². The summed E-state index contributed by atoms with van der Waals surface area (Å²) in [5.41, 5.74) is 2.10. The third-order valence-corrected chi connectivity index (χ3v) is 12.3.